The fourth-order valence-electron chi connectivity index (χ4n) is 3.89. The van der Waals surface area contributed by atoms with Gasteiger partial charge in [0, 0.05) is 34.6 Å². The van der Waals surface area contributed by atoms with Crippen LogP contribution in [0.5, 0.6) is 0 Å². The zero-order valence-electron chi connectivity index (χ0n) is 15.5. The highest BCUT2D eigenvalue weighted by molar-refractivity contribution is 6.31. The number of amides is 2. The number of benzene rings is 1. The number of H-pyrrole nitrogens is 1. The molecule has 0 aliphatic heterocycles. The van der Waals surface area contributed by atoms with E-state index in [0.29, 0.717) is 17.1 Å². The molecule has 3 N–H and O–H groups in total. The number of carbonyl (C=O) groups excluding carboxylic acids is 2. The maximum absolute atomic E-state index is 12.8. The van der Waals surface area contributed by atoms with Crippen molar-refractivity contribution in [1.82, 2.24) is 15.2 Å². The van der Waals surface area contributed by atoms with Gasteiger partial charge in [-0.15, -0.1) is 0 Å². The first kappa shape index (κ1) is 19.7. The number of aliphatic hydroxyl groups is 1. The van der Waals surface area contributed by atoms with E-state index in [1.807, 2.05) is 17.9 Å². The fourth-order valence-corrected chi connectivity index (χ4v) is 4.07. The summed E-state index contributed by atoms with van der Waals surface area (Å²) in [6.07, 6.45) is 4.74. The first-order valence-corrected chi connectivity index (χ1v) is 9.86. The molecule has 0 bridgehead atoms. The van der Waals surface area contributed by atoms with Crippen LogP contribution < -0.4 is 5.32 Å². The van der Waals surface area contributed by atoms with Gasteiger partial charge in [0.1, 0.15) is 5.69 Å². The molecule has 1 unspecified atom stereocenters. The maximum atomic E-state index is 12.8. The van der Waals surface area contributed by atoms with Crippen LogP contribution in [0.4, 0.5) is 0 Å². The van der Waals surface area contributed by atoms with Gasteiger partial charge in [-0.05, 0) is 50.5 Å². The Kier molecular flexibility index (Phi) is 6.39. The summed E-state index contributed by atoms with van der Waals surface area (Å²) in [5.41, 5.74) is 1.22. The Morgan fingerprint density at radius 1 is 1.33 bits per heavy atom. The molecule has 1 fully saturated rings. The van der Waals surface area contributed by atoms with E-state index in [0.717, 1.165) is 36.6 Å². The minimum atomic E-state index is -0.322. The molecule has 1 aliphatic rings. The SMILES string of the molecule is CC(CCO)N(C(=O)CNC(=O)c1cc2cc(Cl)ccc2[nH]1)C1CCCC1. The number of hydrogen-bond donors (Lipinski definition) is 3. The summed E-state index contributed by atoms with van der Waals surface area (Å²) in [6.45, 7) is 1.94. The molecule has 1 aromatic carbocycles. The van der Waals surface area contributed by atoms with Crippen LogP contribution in [0, 0.1) is 0 Å². The Morgan fingerprint density at radius 2 is 2.07 bits per heavy atom. The number of aliphatic hydroxyl groups excluding tert-OH is 1. The summed E-state index contributed by atoms with van der Waals surface area (Å²) in [6, 6.07) is 7.24. The van der Waals surface area contributed by atoms with Gasteiger partial charge in [0.25, 0.3) is 5.91 Å². The Labute approximate surface area is 163 Å². The van der Waals surface area contributed by atoms with Crippen molar-refractivity contribution in [1.29, 1.82) is 0 Å². The van der Waals surface area contributed by atoms with Crippen LogP contribution in [-0.2, 0) is 4.79 Å². The number of halogens is 1. The van der Waals surface area contributed by atoms with Crippen LogP contribution in [0.25, 0.3) is 10.9 Å². The van der Waals surface area contributed by atoms with Gasteiger partial charge in [0.2, 0.25) is 5.91 Å². The molecule has 146 valence electrons. The van der Waals surface area contributed by atoms with Gasteiger partial charge >= 0.3 is 0 Å². The number of hydrogen-bond acceptors (Lipinski definition) is 3. The Bertz CT molecular complexity index is 814. The van der Waals surface area contributed by atoms with E-state index in [1.165, 1.54) is 0 Å². The van der Waals surface area contributed by atoms with Crippen LogP contribution in [0.15, 0.2) is 24.3 Å². The van der Waals surface area contributed by atoms with E-state index >= 15 is 0 Å². The van der Waals surface area contributed by atoms with Gasteiger partial charge in [-0.3, -0.25) is 9.59 Å². The number of fused-ring (bicyclic) bond motifs is 1. The molecule has 0 radical (unpaired) electrons. The quantitative estimate of drug-likeness (QED) is 0.678. The van der Waals surface area contributed by atoms with E-state index in [1.54, 1.807) is 18.2 Å². The molecule has 7 heteroatoms. The lowest BCUT2D eigenvalue weighted by Crippen LogP contribution is -2.49. The number of aromatic nitrogens is 1. The molecular formula is C20H26ClN3O3. The molecule has 6 nitrogen and oxygen atoms in total. The summed E-state index contributed by atoms with van der Waals surface area (Å²) in [7, 11) is 0. The molecule has 0 spiro atoms. The highest BCUT2D eigenvalue weighted by atomic mass is 35.5. The van der Waals surface area contributed by atoms with Crippen molar-refractivity contribution >= 4 is 34.3 Å². The van der Waals surface area contributed by atoms with Crippen LogP contribution in [-0.4, -0.2) is 52.0 Å². The maximum Gasteiger partial charge on any atom is 0.268 e. The van der Waals surface area contributed by atoms with Gasteiger partial charge < -0.3 is 20.3 Å². The van der Waals surface area contributed by atoms with Crippen LogP contribution in [0.2, 0.25) is 5.02 Å². The standard InChI is InChI=1S/C20H26ClN3O3/c1-13(8-9-25)24(16-4-2-3-5-16)19(26)12-22-20(27)18-11-14-10-15(21)6-7-17(14)23-18/h6-7,10-11,13,16,23,25H,2-5,8-9,12H2,1H3,(H,22,27). The summed E-state index contributed by atoms with van der Waals surface area (Å²) < 4.78 is 0. The van der Waals surface area contributed by atoms with Gasteiger partial charge in [-0.25, -0.2) is 0 Å². The topological polar surface area (TPSA) is 85.4 Å². The Morgan fingerprint density at radius 3 is 2.78 bits per heavy atom. The average Bonchev–Trinajstić information content (AvgIpc) is 3.29. The van der Waals surface area contributed by atoms with Crippen molar-refractivity contribution in [2.45, 2.75) is 51.1 Å². The second kappa shape index (κ2) is 8.76. The zero-order chi connectivity index (χ0) is 19.4. The minimum Gasteiger partial charge on any atom is -0.396 e. The Balaban J connectivity index is 1.65. The average molecular weight is 392 g/mol. The predicted molar refractivity (Wildman–Crippen MR) is 106 cm³/mol. The third-order valence-corrected chi connectivity index (χ3v) is 5.49. The molecular weight excluding hydrogens is 366 g/mol. The smallest absolute Gasteiger partial charge is 0.268 e. The van der Waals surface area contributed by atoms with E-state index in [4.69, 9.17) is 11.6 Å². The van der Waals surface area contributed by atoms with Gasteiger partial charge in [0.15, 0.2) is 0 Å². The Hall–Kier alpha value is -2.05. The number of nitrogens with one attached hydrogen (secondary N) is 2. The monoisotopic (exact) mass is 391 g/mol. The number of aromatic amines is 1. The molecule has 27 heavy (non-hydrogen) atoms. The highest BCUT2D eigenvalue weighted by Crippen LogP contribution is 2.26. The summed E-state index contributed by atoms with van der Waals surface area (Å²) in [5, 5.41) is 13.4. The second-order valence-corrected chi connectivity index (χ2v) is 7.63. The second-order valence-electron chi connectivity index (χ2n) is 7.20. The molecule has 2 aromatic rings. The minimum absolute atomic E-state index is 0.0433. The van der Waals surface area contributed by atoms with Gasteiger partial charge in [-0.2, -0.15) is 0 Å². The lowest BCUT2D eigenvalue weighted by atomic mass is 10.1. The number of nitrogens with zero attached hydrogens (tertiary/aromatic N) is 1. The molecule has 1 aromatic heterocycles. The molecule has 3 rings (SSSR count). The van der Waals surface area contributed by atoms with E-state index in [9.17, 15) is 14.7 Å². The van der Waals surface area contributed by atoms with Crippen molar-refractivity contribution in [3.05, 3.63) is 35.0 Å². The molecule has 2 amide bonds. The molecule has 1 saturated carbocycles. The largest absolute Gasteiger partial charge is 0.396 e. The lowest BCUT2D eigenvalue weighted by molar-refractivity contribution is -0.135. The third-order valence-electron chi connectivity index (χ3n) is 5.26. The van der Waals surface area contributed by atoms with E-state index < -0.39 is 0 Å². The zero-order valence-corrected chi connectivity index (χ0v) is 16.3. The summed E-state index contributed by atoms with van der Waals surface area (Å²) in [5.74, 6) is -0.424. The first-order chi connectivity index (χ1) is 13.0. The number of carbonyl (C=O) groups is 2. The van der Waals surface area contributed by atoms with Crippen molar-refractivity contribution in [2.75, 3.05) is 13.2 Å². The number of rotatable bonds is 7. The first-order valence-electron chi connectivity index (χ1n) is 9.48. The normalized spacial score (nSPS) is 15.8. The van der Waals surface area contributed by atoms with Crippen molar-refractivity contribution in [3.8, 4) is 0 Å². The summed E-state index contributed by atoms with van der Waals surface area (Å²) >= 11 is 5.98. The predicted octanol–water partition coefficient (Wildman–Crippen LogP) is 3.09. The molecule has 1 heterocycles. The van der Waals surface area contributed by atoms with Crippen molar-refractivity contribution in [3.63, 3.8) is 0 Å². The van der Waals surface area contributed by atoms with E-state index in [2.05, 4.69) is 10.3 Å². The van der Waals surface area contributed by atoms with Crippen LogP contribution >= 0.6 is 11.6 Å². The third kappa shape index (κ3) is 4.62. The molecule has 0 saturated heterocycles. The van der Waals surface area contributed by atoms with Crippen molar-refractivity contribution < 1.29 is 14.7 Å². The van der Waals surface area contributed by atoms with Gasteiger partial charge in [0.05, 0.1) is 6.54 Å². The molecule has 1 atom stereocenters. The lowest BCUT2D eigenvalue weighted by Gasteiger charge is -2.34. The summed E-state index contributed by atoms with van der Waals surface area (Å²) in [4.78, 5) is 30.2. The molecule has 1 aliphatic carbocycles. The van der Waals surface area contributed by atoms with Gasteiger partial charge in [-0.1, -0.05) is 24.4 Å². The fraction of sp³-hybridized carbons (Fsp3) is 0.500. The van der Waals surface area contributed by atoms with Crippen LogP contribution in [0.1, 0.15) is 49.5 Å². The van der Waals surface area contributed by atoms with Crippen molar-refractivity contribution in [2.24, 2.45) is 0 Å². The van der Waals surface area contributed by atoms with Crippen LogP contribution in [0.3, 0.4) is 0 Å². The highest BCUT2D eigenvalue weighted by Gasteiger charge is 2.30. The van der Waals surface area contributed by atoms with E-state index in [-0.39, 0.29) is 37.0 Å².